The number of likely N-dealkylation sites (N-methyl/N-ethyl adjacent to an activating group) is 1. The molecule has 5 heteroatoms. The summed E-state index contributed by atoms with van der Waals surface area (Å²) in [5.74, 6) is 0. The predicted molar refractivity (Wildman–Crippen MR) is 76.8 cm³/mol. The minimum atomic E-state index is -0.141. The van der Waals surface area contributed by atoms with Crippen molar-refractivity contribution < 1.29 is 0 Å². The molecule has 0 saturated heterocycles. The van der Waals surface area contributed by atoms with E-state index in [4.69, 9.17) is 17.3 Å². The molecule has 0 aromatic carbocycles. The van der Waals surface area contributed by atoms with Crippen LogP contribution in [0.15, 0.2) is 6.20 Å². The number of nitrogens with two attached hydrogens (primary N) is 1. The van der Waals surface area contributed by atoms with E-state index >= 15 is 0 Å². The summed E-state index contributed by atoms with van der Waals surface area (Å²) in [4.78, 5) is 2.21. The van der Waals surface area contributed by atoms with Crippen LogP contribution < -0.4 is 5.73 Å². The van der Waals surface area contributed by atoms with Gasteiger partial charge in [0.1, 0.15) is 0 Å². The van der Waals surface area contributed by atoms with Crippen LogP contribution in [-0.2, 0) is 6.54 Å². The van der Waals surface area contributed by atoms with Gasteiger partial charge in [0.05, 0.1) is 23.0 Å². The molecule has 0 saturated carbocycles. The molecule has 1 heterocycles. The number of aryl methyl sites for hydroxylation is 1. The van der Waals surface area contributed by atoms with Crippen molar-refractivity contribution in [1.82, 2.24) is 14.7 Å². The molecule has 0 aliphatic carbocycles. The van der Waals surface area contributed by atoms with Crippen LogP contribution in [0.5, 0.6) is 0 Å². The lowest BCUT2D eigenvalue weighted by Gasteiger charge is -2.43. The number of hydrogen-bond donors (Lipinski definition) is 1. The Balaban J connectivity index is 3.25. The molecule has 1 aromatic rings. The zero-order chi connectivity index (χ0) is 13.9. The zero-order valence-electron chi connectivity index (χ0n) is 12.1. The van der Waals surface area contributed by atoms with Gasteiger partial charge >= 0.3 is 0 Å². The van der Waals surface area contributed by atoms with E-state index in [-0.39, 0.29) is 11.6 Å². The molecule has 0 spiro atoms. The summed E-state index contributed by atoms with van der Waals surface area (Å²) in [5.41, 5.74) is 7.39. The van der Waals surface area contributed by atoms with Crippen LogP contribution in [0.3, 0.4) is 0 Å². The van der Waals surface area contributed by atoms with Crippen molar-refractivity contribution in [3.8, 4) is 0 Å². The molecule has 0 radical (unpaired) electrons. The Morgan fingerprint density at radius 1 is 1.39 bits per heavy atom. The first-order valence-corrected chi connectivity index (χ1v) is 6.96. The average molecular weight is 273 g/mol. The highest BCUT2D eigenvalue weighted by Crippen LogP contribution is 2.36. The van der Waals surface area contributed by atoms with E-state index in [0.717, 1.165) is 25.1 Å². The van der Waals surface area contributed by atoms with Gasteiger partial charge in [-0.15, -0.1) is 0 Å². The molecule has 1 unspecified atom stereocenters. The third kappa shape index (κ3) is 2.42. The Morgan fingerprint density at radius 2 is 1.94 bits per heavy atom. The van der Waals surface area contributed by atoms with Gasteiger partial charge in [0.15, 0.2) is 0 Å². The molecule has 1 atom stereocenters. The highest BCUT2D eigenvalue weighted by Gasteiger charge is 2.39. The molecule has 18 heavy (non-hydrogen) atoms. The van der Waals surface area contributed by atoms with E-state index in [1.807, 2.05) is 4.68 Å². The lowest BCUT2D eigenvalue weighted by molar-refractivity contribution is 0.102. The zero-order valence-corrected chi connectivity index (χ0v) is 12.8. The van der Waals surface area contributed by atoms with Gasteiger partial charge in [0.25, 0.3) is 0 Å². The molecule has 0 amide bonds. The van der Waals surface area contributed by atoms with E-state index in [9.17, 15) is 0 Å². The van der Waals surface area contributed by atoms with Gasteiger partial charge < -0.3 is 10.6 Å². The fourth-order valence-electron chi connectivity index (χ4n) is 2.79. The first-order chi connectivity index (χ1) is 8.44. The Hall–Kier alpha value is -0.580. The van der Waals surface area contributed by atoms with Crippen LogP contribution in [0.1, 0.15) is 45.3 Å². The normalized spacial score (nSPS) is 14.2. The van der Waals surface area contributed by atoms with Crippen molar-refractivity contribution in [2.24, 2.45) is 5.73 Å². The highest BCUT2D eigenvalue weighted by atomic mass is 35.5. The summed E-state index contributed by atoms with van der Waals surface area (Å²) >= 11 is 6.26. The SMILES string of the molecule is CCn1ncc(Cl)c1C(N)C(CC)(CC)N(C)C. The van der Waals surface area contributed by atoms with E-state index in [1.165, 1.54) is 0 Å². The van der Waals surface area contributed by atoms with Gasteiger partial charge in [-0.1, -0.05) is 25.4 Å². The summed E-state index contributed by atoms with van der Waals surface area (Å²) in [7, 11) is 4.15. The van der Waals surface area contributed by atoms with Crippen molar-refractivity contribution in [2.45, 2.75) is 51.7 Å². The lowest BCUT2D eigenvalue weighted by Crippen LogP contribution is -2.52. The molecule has 1 rings (SSSR count). The maximum atomic E-state index is 6.53. The second-order valence-corrected chi connectivity index (χ2v) is 5.28. The van der Waals surface area contributed by atoms with E-state index in [2.05, 4.69) is 44.9 Å². The molecule has 0 fully saturated rings. The maximum Gasteiger partial charge on any atom is 0.0834 e. The number of rotatable bonds is 6. The van der Waals surface area contributed by atoms with Crippen LogP contribution in [0.4, 0.5) is 0 Å². The second-order valence-electron chi connectivity index (χ2n) is 4.88. The van der Waals surface area contributed by atoms with E-state index in [0.29, 0.717) is 5.02 Å². The molecule has 1 aromatic heterocycles. The minimum Gasteiger partial charge on any atom is -0.321 e. The second kappa shape index (κ2) is 6.04. The third-order valence-corrected chi connectivity index (χ3v) is 4.41. The lowest BCUT2D eigenvalue weighted by atomic mass is 9.82. The van der Waals surface area contributed by atoms with Crippen molar-refractivity contribution >= 4 is 11.6 Å². The summed E-state index contributed by atoms with van der Waals surface area (Å²) < 4.78 is 1.90. The van der Waals surface area contributed by atoms with Crippen LogP contribution >= 0.6 is 11.6 Å². The summed E-state index contributed by atoms with van der Waals surface area (Å²) in [5, 5.41) is 4.95. The fourth-order valence-corrected chi connectivity index (χ4v) is 3.05. The Morgan fingerprint density at radius 3 is 2.33 bits per heavy atom. The van der Waals surface area contributed by atoms with Gasteiger partial charge in [-0.3, -0.25) is 4.68 Å². The molecule has 0 bridgehead atoms. The number of nitrogens with zero attached hydrogens (tertiary/aromatic N) is 3. The molecule has 4 nitrogen and oxygen atoms in total. The first-order valence-electron chi connectivity index (χ1n) is 6.58. The van der Waals surface area contributed by atoms with Crippen molar-refractivity contribution in [2.75, 3.05) is 14.1 Å². The van der Waals surface area contributed by atoms with Gasteiger partial charge in [0.2, 0.25) is 0 Å². The number of aromatic nitrogens is 2. The van der Waals surface area contributed by atoms with Crippen LogP contribution in [0, 0.1) is 0 Å². The Bertz CT molecular complexity index is 382. The molecular formula is C13H25ClN4. The van der Waals surface area contributed by atoms with E-state index in [1.54, 1.807) is 6.20 Å². The maximum absolute atomic E-state index is 6.53. The standard InChI is InChI=1S/C13H25ClN4/c1-6-13(7-2,17(4)5)12(15)11-10(14)9-16-18(11)8-3/h9,12H,6-8,15H2,1-5H3. The smallest absolute Gasteiger partial charge is 0.0834 e. The predicted octanol–water partition coefficient (Wildman–Crippen LogP) is 2.68. The summed E-state index contributed by atoms with van der Waals surface area (Å²) in [6.45, 7) is 7.18. The summed E-state index contributed by atoms with van der Waals surface area (Å²) in [6.07, 6.45) is 3.64. The topological polar surface area (TPSA) is 47.1 Å². The number of halogens is 1. The Kier molecular flexibility index (Phi) is 5.20. The van der Waals surface area contributed by atoms with Gasteiger partial charge in [0, 0.05) is 12.1 Å². The fraction of sp³-hybridized carbons (Fsp3) is 0.769. The van der Waals surface area contributed by atoms with Crippen molar-refractivity contribution in [3.05, 3.63) is 16.9 Å². The number of hydrogen-bond acceptors (Lipinski definition) is 3. The molecule has 0 aliphatic heterocycles. The summed E-state index contributed by atoms with van der Waals surface area (Å²) in [6, 6.07) is -0.141. The molecule has 2 N–H and O–H groups in total. The van der Waals surface area contributed by atoms with E-state index < -0.39 is 0 Å². The minimum absolute atomic E-state index is 0.0867. The largest absolute Gasteiger partial charge is 0.321 e. The highest BCUT2D eigenvalue weighted by molar-refractivity contribution is 6.31. The molecule has 0 aliphatic rings. The van der Waals surface area contributed by atoms with Gasteiger partial charge in [-0.25, -0.2) is 0 Å². The molecule has 104 valence electrons. The quantitative estimate of drug-likeness (QED) is 0.866. The van der Waals surface area contributed by atoms with Gasteiger partial charge in [-0.2, -0.15) is 5.10 Å². The van der Waals surface area contributed by atoms with Crippen LogP contribution in [-0.4, -0.2) is 34.3 Å². The van der Waals surface area contributed by atoms with Crippen molar-refractivity contribution in [3.63, 3.8) is 0 Å². The monoisotopic (exact) mass is 272 g/mol. The first kappa shape index (κ1) is 15.5. The average Bonchev–Trinajstić information content (AvgIpc) is 2.71. The third-order valence-electron chi connectivity index (χ3n) is 4.12. The van der Waals surface area contributed by atoms with Gasteiger partial charge in [-0.05, 0) is 33.9 Å². The van der Waals surface area contributed by atoms with Crippen LogP contribution in [0.25, 0.3) is 0 Å². The Labute approximate surface area is 115 Å². The van der Waals surface area contributed by atoms with Crippen LogP contribution in [0.2, 0.25) is 5.02 Å². The van der Waals surface area contributed by atoms with Crippen molar-refractivity contribution in [1.29, 1.82) is 0 Å². The molecular weight excluding hydrogens is 248 g/mol.